The number of para-hydroxylation sites is 2. The van der Waals surface area contributed by atoms with Crippen molar-refractivity contribution in [2.75, 3.05) is 5.43 Å². The van der Waals surface area contributed by atoms with E-state index in [1.165, 1.54) is 29.2 Å². The van der Waals surface area contributed by atoms with E-state index in [1.54, 1.807) is 0 Å². The number of halogens is 2. The Morgan fingerprint density at radius 2 is 2.05 bits per heavy atom. The second-order valence-corrected chi connectivity index (χ2v) is 5.02. The minimum absolute atomic E-state index is 0.225. The van der Waals surface area contributed by atoms with Crippen molar-refractivity contribution in [1.29, 1.82) is 0 Å². The molecule has 20 heavy (non-hydrogen) atoms. The molecular weight excluding hydrogens is 325 g/mol. The highest BCUT2D eigenvalue weighted by molar-refractivity contribution is 9.10. The number of hydrogen-bond donors (Lipinski definition) is 1. The molecule has 3 rings (SSSR count). The van der Waals surface area contributed by atoms with Crippen LogP contribution in [0.4, 0.5) is 4.39 Å². The molecule has 0 unspecified atom stereocenters. The number of fused-ring (bicyclic) bond motifs is 1. The molecule has 0 spiro atoms. The Morgan fingerprint density at radius 3 is 2.90 bits per heavy atom. The van der Waals surface area contributed by atoms with Gasteiger partial charge >= 0.3 is 0 Å². The second-order valence-electron chi connectivity index (χ2n) is 4.17. The molecule has 0 saturated heterocycles. The molecule has 0 fully saturated rings. The van der Waals surface area contributed by atoms with E-state index in [0.29, 0.717) is 4.47 Å². The molecule has 0 saturated carbocycles. The van der Waals surface area contributed by atoms with Crippen molar-refractivity contribution in [2.24, 2.45) is 0 Å². The molecule has 1 amide bonds. The molecule has 3 aromatic rings. The number of hydrogen-bond acceptors (Lipinski definition) is 2. The number of rotatable bonds is 2. The van der Waals surface area contributed by atoms with Crippen LogP contribution in [-0.2, 0) is 0 Å². The molecule has 0 radical (unpaired) electrons. The van der Waals surface area contributed by atoms with E-state index < -0.39 is 11.7 Å². The van der Waals surface area contributed by atoms with Gasteiger partial charge < -0.3 is 0 Å². The van der Waals surface area contributed by atoms with Crippen LogP contribution in [0.5, 0.6) is 0 Å². The van der Waals surface area contributed by atoms with Gasteiger partial charge in [0.05, 0.1) is 16.6 Å². The Kier molecular flexibility index (Phi) is 3.23. The van der Waals surface area contributed by atoms with E-state index in [-0.39, 0.29) is 5.56 Å². The largest absolute Gasteiger partial charge is 0.271 e. The average Bonchev–Trinajstić information content (AvgIpc) is 2.85. The van der Waals surface area contributed by atoms with Crippen molar-refractivity contribution < 1.29 is 9.18 Å². The zero-order valence-corrected chi connectivity index (χ0v) is 11.8. The van der Waals surface area contributed by atoms with Gasteiger partial charge in [0, 0.05) is 4.47 Å². The number of imidazole rings is 1. The van der Waals surface area contributed by atoms with Gasteiger partial charge in [0.2, 0.25) is 0 Å². The van der Waals surface area contributed by atoms with Crippen LogP contribution >= 0.6 is 15.9 Å². The van der Waals surface area contributed by atoms with Gasteiger partial charge in [-0.15, -0.1) is 0 Å². The molecule has 1 N–H and O–H groups in total. The highest BCUT2D eigenvalue weighted by Gasteiger charge is 2.12. The Hall–Kier alpha value is -2.21. The average molecular weight is 334 g/mol. The van der Waals surface area contributed by atoms with Crippen molar-refractivity contribution in [3.05, 3.63) is 64.6 Å². The highest BCUT2D eigenvalue weighted by atomic mass is 79.9. The van der Waals surface area contributed by atoms with Crippen molar-refractivity contribution >= 4 is 32.9 Å². The summed E-state index contributed by atoms with van der Waals surface area (Å²) >= 11 is 3.23. The number of aromatic nitrogens is 2. The highest BCUT2D eigenvalue weighted by Crippen LogP contribution is 2.18. The van der Waals surface area contributed by atoms with Gasteiger partial charge in [-0.25, -0.2) is 14.1 Å². The summed E-state index contributed by atoms with van der Waals surface area (Å²) in [4.78, 5) is 16.3. The standard InChI is InChI=1S/C14H9BrFN3O/c15-11-6-5-9(16)7-10(11)14(20)18-19-8-17-12-3-1-2-4-13(12)19/h1-8H,(H,18,20). The molecule has 0 aliphatic heterocycles. The molecule has 0 aliphatic carbocycles. The van der Waals surface area contributed by atoms with E-state index >= 15 is 0 Å². The zero-order chi connectivity index (χ0) is 14.1. The maximum absolute atomic E-state index is 13.2. The lowest BCUT2D eigenvalue weighted by Gasteiger charge is -2.08. The van der Waals surface area contributed by atoms with Crippen LogP contribution in [0, 0.1) is 5.82 Å². The van der Waals surface area contributed by atoms with Crippen LogP contribution in [0.1, 0.15) is 10.4 Å². The normalized spacial score (nSPS) is 10.7. The molecule has 6 heteroatoms. The topological polar surface area (TPSA) is 46.9 Å². The first-order chi connectivity index (χ1) is 9.65. The monoisotopic (exact) mass is 333 g/mol. The van der Waals surface area contributed by atoms with Crippen LogP contribution in [0.2, 0.25) is 0 Å². The summed E-state index contributed by atoms with van der Waals surface area (Å²) in [5, 5.41) is 0. The maximum atomic E-state index is 13.2. The van der Waals surface area contributed by atoms with E-state index in [1.807, 2.05) is 24.3 Å². The maximum Gasteiger partial charge on any atom is 0.271 e. The van der Waals surface area contributed by atoms with Gasteiger partial charge in [0.1, 0.15) is 12.1 Å². The molecule has 1 aromatic heterocycles. The molecule has 100 valence electrons. The molecule has 4 nitrogen and oxygen atoms in total. The van der Waals surface area contributed by atoms with Gasteiger partial charge in [0.15, 0.2) is 0 Å². The number of nitrogens with one attached hydrogen (secondary N) is 1. The first-order valence-corrected chi connectivity index (χ1v) is 6.63. The van der Waals surface area contributed by atoms with Crippen LogP contribution in [0.25, 0.3) is 11.0 Å². The first-order valence-electron chi connectivity index (χ1n) is 5.83. The summed E-state index contributed by atoms with van der Waals surface area (Å²) in [7, 11) is 0. The molecule has 1 heterocycles. The number of amides is 1. The van der Waals surface area contributed by atoms with Crippen LogP contribution < -0.4 is 5.43 Å². The summed E-state index contributed by atoms with van der Waals surface area (Å²) in [6, 6.07) is 11.4. The number of nitrogens with zero attached hydrogens (tertiary/aromatic N) is 2. The van der Waals surface area contributed by atoms with Gasteiger partial charge in [-0.1, -0.05) is 12.1 Å². The fourth-order valence-corrected chi connectivity index (χ4v) is 2.32. The van der Waals surface area contributed by atoms with Crippen molar-refractivity contribution in [1.82, 2.24) is 9.66 Å². The molecule has 0 atom stereocenters. The number of carbonyl (C=O) groups is 1. The minimum atomic E-state index is -0.464. The summed E-state index contributed by atoms with van der Waals surface area (Å²) in [6.07, 6.45) is 1.51. The smallest absolute Gasteiger partial charge is 0.267 e. The Bertz CT molecular complexity index is 800. The van der Waals surface area contributed by atoms with Gasteiger partial charge in [0.25, 0.3) is 5.91 Å². The summed E-state index contributed by atoms with van der Waals surface area (Å²) in [5.74, 6) is -0.881. The molecular formula is C14H9BrFN3O. The molecule has 0 aliphatic rings. The summed E-state index contributed by atoms with van der Waals surface area (Å²) in [5.41, 5.74) is 4.43. The third-order valence-electron chi connectivity index (χ3n) is 2.85. The Balaban J connectivity index is 1.94. The Labute approximate surface area is 122 Å². The second kappa shape index (κ2) is 5.05. The van der Waals surface area contributed by atoms with Gasteiger partial charge in [-0.05, 0) is 46.3 Å². The van der Waals surface area contributed by atoms with Gasteiger partial charge in [-0.3, -0.25) is 10.2 Å². The first kappa shape index (κ1) is 12.8. The molecule has 2 aromatic carbocycles. The minimum Gasteiger partial charge on any atom is -0.267 e. The number of benzene rings is 2. The lowest BCUT2D eigenvalue weighted by molar-refractivity contribution is 0.101. The van der Waals surface area contributed by atoms with Crippen molar-refractivity contribution in [3.8, 4) is 0 Å². The number of carbonyl (C=O) groups excluding carboxylic acids is 1. The van der Waals surface area contributed by atoms with Crippen LogP contribution in [0.15, 0.2) is 53.3 Å². The van der Waals surface area contributed by atoms with E-state index in [4.69, 9.17) is 0 Å². The third-order valence-corrected chi connectivity index (χ3v) is 3.54. The third kappa shape index (κ3) is 2.30. The van der Waals surface area contributed by atoms with Crippen molar-refractivity contribution in [3.63, 3.8) is 0 Å². The van der Waals surface area contributed by atoms with Gasteiger partial charge in [-0.2, -0.15) is 0 Å². The van der Waals surface area contributed by atoms with E-state index in [2.05, 4.69) is 26.3 Å². The quantitative estimate of drug-likeness (QED) is 0.781. The summed E-state index contributed by atoms with van der Waals surface area (Å²) < 4.78 is 15.3. The predicted octanol–water partition coefficient (Wildman–Crippen LogP) is 3.32. The fourth-order valence-electron chi connectivity index (χ4n) is 1.89. The Morgan fingerprint density at radius 1 is 1.25 bits per heavy atom. The lowest BCUT2D eigenvalue weighted by Crippen LogP contribution is -2.22. The SMILES string of the molecule is O=C(Nn1cnc2ccccc21)c1cc(F)ccc1Br. The van der Waals surface area contributed by atoms with E-state index in [0.717, 1.165) is 11.0 Å². The van der Waals surface area contributed by atoms with Crippen LogP contribution in [-0.4, -0.2) is 15.6 Å². The van der Waals surface area contributed by atoms with E-state index in [9.17, 15) is 9.18 Å². The fraction of sp³-hybridized carbons (Fsp3) is 0. The zero-order valence-electron chi connectivity index (χ0n) is 10.2. The van der Waals surface area contributed by atoms with Crippen molar-refractivity contribution in [2.45, 2.75) is 0 Å². The summed E-state index contributed by atoms with van der Waals surface area (Å²) in [6.45, 7) is 0. The lowest BCUT2D eigenvalue weighted by atomic mass is 10.2. The predicted molar refractivity (Wildman–Crippen MR) is 77.5 cm³/mol. The molecule has 0 bridgehead atoms. The van der Waals surface area contributed by atoms with Crippen LogP contribution in [0.3, 0.4) is 0 Å².